The van der Waals surface area contributed by atoms with Crippen LogP contribution in [0, 0.1) is 6.92 Å². The summed E-state index contributed by atoms with van der Waals surface area (Å²) < 4.78 is 5.19. The van der Waals surface area contributed by atoms with Crippen LogP contribution in [0.1, 0.15) is 36.8 Å². The lowest BCUT2D eigenvalue weighted by Gasteiger charge is -2.12. The Morgan fingerprint density at radius 3 is 2.31 bits per heavy atom. The van der Waals surface area contributed by atoms with Gasteiger partial charge in [0.1, 0.15) is 5.75 Å². The van der Waals surface area contributed by atoms with Gasteiger partial charge in [0, 0.05) is 16.6 Å². The molecule has 26 heavy (non-hydrogen) atoms. The summed E-state index contributed by atoms with van der Waals surface area (Å²) in [5.41, 5.74) is 1.95. The fourth-order valence-electron chi connectivity index (χ4n) is 3.07. The van der Waals surface area contributed by atoms with Crippen LogP contribution in [-0.2, 0) is 4.84 Å². The summed E-state index contributed by atoms with van der Waals surface area (Å²) in [4.78, 5) is 45.7. The van der Waals surface area contributed by atoms with Crippen molar-refractivity contribution < 1.29 is 24.0 Å². The number of H-pyrrole nitrogens is 1. The van der Waals surface area contributed by atoms with Crippen LogP contribution in [0.5, 0.6) is 5.75 Å². The summed E-state index contributed by atoms with van der Waals surface area (Å²) in [6.45, 7) is 1.71. The second-order valence-corrected chi connectivity index (χ2v) is 5.87. The minimum atomic E-state index is -0.795. The highest BCUT2D eigenvalue weighted by molar-refractivity contribution is 6.21. The smallest absolute Gasteiger partial charge is 0.366 e. The summed E-state index contributed by atoms with van der Waals surface area (Å²) in [6, 6.07) is 11.6. The van der Waals surface area contributed by atoms with Crippen molar-refractivity contribution >= 4 is 28.7 Å². The van der Waals surface area contributed by atoms with Crippen LogP contribution < -0.4 is 4.74 Å². The van der Waals surface area contributed by atoms with E-state index in [0.29, 0.717) is 21.9 Å². The van der Waals surface area contributed by atoms with Gasteiger partial charge in [-0.15, -0.1) is 0 Å². The number of benzene rings is 2. The maximum atomic E-state index is 12.7. The Morgan fingerprint density at radius 1 is 1.04 bits per heavy atom. The number of rotatable bonds is 3. The van der Waals surface area contributed by atoms with Gasteiger partial charge >= 0.3 is 5.97 Å². The standard InChI is InChI=1S/C19H14N2O5/c1-10-16(14-9-11(25-2)7-8-15(14)20-10)19(24)26-21-17(22)12-5-3-4-6-13(12)18(21)23/h3-9,20H,1-2H3. The Labute approximate surface area is 148 Å². The number of hydrogen-bond acceptors (Lipinski definition) is 5. The molecule has 3 aromatic rings. The molecule has 0 atom stereocenters. The van der Waals surface area contributed by atoms with Crippen molar-refractivity contribution in [2.24, 2.45) is 0 Å². The number of aryl methyl sites for hydroxylation is 1. The quantitative estimate of drug-likeness (QED) is 0.734. The molecule has 1 N–H and O–H groups in total. The number of hydroxylamine groups is 2. The number of ether oxygens (including phenoxy) is 1. The molecule has 7 heteroatoms. The van der Waals surface area contributed by atoms with Gasteiger partial charge in [-0.2, -0.15) is 0 Å². The fourth-order valence-corrected chi connectivity index (χ4v) is 3.07. The topological polar surface area (TPSA) is 88.7 Å². The number of fused-ring (bicyclic) bond motifs is 2. The number of methoxy groups -OCH3 is 1. The van der Waals surface area contributed by atoms with Crippen LogP contribution in [0.2, 0.25) is 0 Å². The maximum Gasteiger partial charge on any atom is 0.366 e. The molecule has 0 saturated carbocycles. The zero-order chi connectivity index (χ0) is 18.4. The van der Waals surface area contributed by atoms with Crippen molar-refractivity contribution in [3.63, 3.8) is 0 Å². The summed E-state index contributed by atoms with van der Waals surface area (Å²) in [5, 5.41) is 1.09. The molecule has 0 aliphatic carbocycles. The van der Waals surface area contributed by atoms with Gasteiger partial charge < -0.3 is 14.6 Å². The number of carbonyl (C=O) groups excluding carboxylic acids is 3. The molecule has 1 aliphatic heterocycles. The number of imide groups is 1. The molecule has 2 amide bonds. The van der Waals surface area contributed by atoms with Gasteiger partial charge in [-0.1, -0.05) is 17.2 Å². The normalized spacial score (nSPS) is 13.2. The van der Waals surface area contributed by atoms with E-state index in [-0.39, 0.29) is 16.7 Å². The number of carbonyl (C=O) groups is 3. The molecular weight excluding hydrogens is 336 g/mol. The fraction of sp³-hybridized carbons (Fsp3) is 0.105. The van der Waals surface area contributed by atoms with Crippen molar-refractivity contribution in [1.82, 2.24) is 10.0 Å². The molecular formula is C19H14N2O5. The first-order valence-corrected chi connectivity index (χ1v) is 7.87. The second-order valence-electron chi connectivity index (χ2n) is 5.87. The molecule has 0 fully saturated rings. The number of nitrogens with one attached hydrogen (secondary N) is 1. The van der Waals surface area contributed by atoms with E-state index in [9.17, 15) is 14.4 Å². The van der Waals surface area contributed by atoms with Crippen LogP contribution in [0.25, 0.3) is 10.9 Å². The minimum Gasteiger partial charge on any atom is -0.497 e. The molecule has 0 radical (unpaired) electrons. The average Bonchev–Trinajstić information content (AvgIpc) is 3.10. The van der Waals surface area contributed by atoms with Crippen molar-refractivity contribution in [1.29, 1.82) is 0 Å². The highest BCUT2D eigenvalue weighted by Gasteiger charge is 2.39. The molecule has 4 rings (SSSR count). The predicted octanol–water partition coefficient (Wildman–Crippen LogP) is 2.85. The zero-order valence-corrected chi connectivity index (χ0v) is 14.0. The molecule has 0 bridgehead atoms. The van der Waals surface area contributed by atoms with Crippen molar-refractivity contribution in [3.8, 4) is 5.75 Å². The van der Waals surface area contributed by atoms with Crippen LogP contribution >= 0.6 is 0 Å². The second kappa shape index (κ2) is 5.73. The van der Waals surface area contributed by atoms with Gasteiger partial charge in [-0.25, -0.2) is 4.79 Å². The van der Waals surface area contributed by atoms with E-state index in [1.54, 1.807) is 37.3 Å². The monoisotopic (exact) mass is 350 g/mol. The SMILES string of the molecule is COc1ccc2[nH]c(C)c(C(=O)ON3C(=O)c4ccccc4C3=O)c2c1. The Kier molecular flexibility index (Phi) is 3.50. The maximum absolute atomic E-state index is 12.7. The molecule has 7 nitrogen and oxygen atoms in total. The molecule has 130 valence electrons. The van der Waals surface area contributed by atoms with Gasteiger partial charge in [0.25, 0.3) is 11.8 Å². The van der Waals surface area contributed by atoms with E-state index < -0.39 is 17.8 Å². The molecule has 0 unspecified atom stereocenters. The number of aromatic amines is 1. The number of aromatic nitrogens is 1. The number of nitrogens with zero attached hydrogens (tertiary/aromatic N) is 1. The van der Waals surface area contributed by atoms with Crippen molar-refractivity contribution in [2.45, 2.75) is 6.92 Å². The van der Waals surface area contributed by atoms with Gasteiger partial charge in [-0.05, 0) is 37.3 Å². The van der Waals surface area contributed by atoms with E-state index in [1.807, 2.05) is 0 Å². The molecule has 2 heterocycles. The Morgan fingerprint density at radius 2 is 1.69 bits per heavy atom. The Bertz CT molecular complexity index is 1050. The van der Waals surface area contributed by atoms with E-state index in [2.05, 4.69) is 4.98 Å². The first-order chi connectivity index (χ1) is 12.5. The van der Waals surface area contributed by atoms with Gasteiger partial charge in [0.05, 0.1) is 23.8 Å². The lowest BCUT2D eigenvalue weighted by atomic mass is 10.1. The first-order valence-electron chi connectivity index (χ1n) is 7.87. The van der Waals surface area contributed by atoms with Gasteiger partial charge in [-0.3, -0.25) is 9.59 Å². The molecule has 1 aliphatic rings. The third-order valence-corrected chi connectivity index (χ3v) is 4.33. The summed E-state index contributed by atoms with van der Waals surface area (Å²) >= 11 is 0. The summed E-state index contributed by atoms with van der Waals surface area (Å²) in [6.07, 6.45) is 0. The highest BCUT2D eigenvalue weighted by Crippen LogP contribution is 2.29. The molecule has 2 aromatic carbocycles. The van der Waals surface area contributed by atoms with E-state index in [0.717, 1.165) is 5.52 Å². The number of amides is 2. The van der Waals surface area contributed by atoms with Crippen LogP contribution in [0.15, 0.2) is 42.5 Å². The first kappa shape index (κ1) is 15.9. The molecule has 1 aromatic heterocycles. The van der Waals surface area contributed by atoms with E-state index in [4.69, 9.17) is 9.57 Å². The molecule has 0 saturated heterocycles. The largest absolute Gasteiger partial charge is 0.497 e. The summed E-state index contributed by atoms with van der Waals surface area (Å²) in [7, 11) is 1.53. The van der Waals surface area contributed by atoms with Crippen LogP contribution in [0.3, 0.4) is 0 Å². The third kappa shape index (κ3) is 2.25. The van der Waals surface area contributed by atoms with Gasteiger partial charge in [0.15, 0.2) is 0 Å². The third-order valence-electron chi connectivity index (χ3n) is 4.33. The molecule has 0 spiro atoms. The van der Waals surface area contributed by atoms with Crippen LogP contribution in [0.4, 0.5) is 0 Å². The summed E-state index contributed by atoms with van der Waals surface area (Å²) in [5.74, 6) is -1.54. The Hall–Kier alpha value is -3.61. The highest BCUT2D eigenvalue weighted by atomic mass is 16.7. The predicted molar refractivity (Wildman–Crippen MR) is 91.9 cm³/mol. The average molecular weight is 350 g/mol. The zero-order valence-electron chi connectivity index (χ0n) is 14.0. The minimum absolute atomic E-state index is 0.211. The number of hydrogen-bond donors (Lipinski definition) is 1. The lowest BCUT2D eigenvalue weighted by Crippen LogP contribution is -2.32. The lowest BCUT2D eigenvalue weighted by molar-refractivity contribution is -0.0583. The van der Waals surface area contributed by atoms with Crippen molar-refractivity contribution in [3.05, 3.63) is 64.8 Å². The Balaban J connectivity index is 1.70. The van der Waals surface area contributed by atoms with Crippen LogP contribution in [-0.4, -0.2) is 34.9 Å². The van der Waals surface area contributed by atoms with Gasteiger partial charge in [0.2, 0.25) is 0 Å². The van der Waals surface area contributed by atoms with Crippen molar-refractivity contribution in [2.75, 3.05) is 7.11 Å². The van der Waals surface area contributed by atoms with E-state index in [1.165, 1.54) is 19.2 Å². The van der Waals surface area contributed by atoms with E-state index >= 15 is 0 Å².